The molecule has 0 aromatic heterocycles. The van der Waals surface area contributed by atoms with Crippen LogP contribution in [0.4, 0.5) is 4.39 Å². The van der Waals surface area contributed by atoms with E-state index in [1.54, 1.807) is 0 Å². The highest BCUT2D eigenvalue weighted by atomic mass is 19.1. The molecule has 0 bridgehead atoms. The summed E-state index contributed by atoms with van der Waals surface area (Å²) in [5.41, 5.74) is -0.491. The van der Waals surface area contributed by atoms with E-state index in [0.717, 1.165) is 44.7 Å². The molecule has 0 saturated heterocycles. The third kappa shape index (κ3) is 2.06. The van der Waals surface area contributed by atoms with Crippen LogP contribution in [0.5, 0.6) is 0 Å². The van der Waals surface area contributed by atoms with Crippen molar-refractivity contribution in [2.24, 2.45) is 34.2 Å². The summed E-state index contributed by atoms with van der Waals surface area (Å²) in [6.07, 6.45) is 10.1. The first-order chi connectivity index (χ1) is 11.0. The van der Waals surface area contributed by atoms with Crippen molar-refractivity contribution in [2.45, 2.75) is 64.0 Å². The van der Waals surface area contributed by atoms with Crippen molar-refractivity contribution in [3.63, 3.8) is 0 Å². The highest BCUT2D eigenvalue weighted by Gasteiger charge is 2.63. The molecular formula is C19H26FNO2. The Morgan fingerprint density at radius 3 is 2.83 bits per heavy atom. The van der Waals surface area contributed by atoms with Gasteiger partial charge in [0, 0.05) is 11.8 Å². The molecule has 3 saturated carbocycles. The monoisotopic (exact) mass is 319 g/mol. The third-order valence-corrected chi connectivity index (χ3v) is 7.72. The number of hydrogen-bond acceptors (Lipinski definition) is 3. The lowest BCUT2D eigenvalue weighted by Gasteiger charge is -2.54. The lowest BCUT2D eigenvalue weighted by Crippen LogP contribution is -2.51. The lowest BCUT2D eigenvalue weighted by molar-refractivity contribution is -0.116. The first kappa shape index (κ1) is 15.3. The molecule has 1 N–H and O–H groups in total. The molecule has 4 aliphatic carbocycles. The van der Waals surface area contributed by atoms with Gasteiger partial charge in [-0.05, 0) is 74.7 Å². The zero-order valence-corrected chi connectivity index (χ0v) is 13.8. The van der Waals surface area contributed by atoms with Gasteiger partial charge in [0.25, 0.3) is 0 Å². The molecule has 0 radical (unpaired) electrons. The quantitative estimate of drug-likeness (QED) is 0.445. The van der Waals surface area contributed by atoms with Crippen molar-refractivity contribution < 1.29 is 14.4 Å². The number of oxime groups is 1. The number of rotatable bonds is 1. The zero-order valence-electron chi connectivity index (χ0n) is 13.8. The van der Waals surface area contributed by atoms with Gasteiger partial charge in [-0.25, -0.2) is 4.39 Å². The first-order valence-electron chi connectivity index (χ1n) is 9.09. The molecule has 23 heavy (non-hydrogen) atoms. The van der Waals surface area contributed by atoms with Crippen molar-refractivity contribution in [3.05, 3.63) is 11.6 Å². The minimum absolute atomic E-state index is 0.290. The Labute approximate surface area is 137 Å². The molecule has 0 aliphatic heterocycles. The lowest BCUT2D eigenvalue weighted by atomic mass is 9.51. The summed E-state index contributed by atoms with van der Waals surface area (Å²) >= 11 is 0. The maximum atomic E-state index is 15.4. The Kier molecular flexibility index (Phi) is 3.44. The van der Waals surface area contributed by atoms with E-state index in [2.05, 4.69) is 12.1 Å². The molecule has 0 amide bonds. The number of fused-ring (bicyclic) bond motifs is 5. The van der Waals surface area contributed by atoms with E-state index < -0.39 is 11.1 Å². The van der Waals surface area contributed by atoms with Crippen LogP contribution < -0.4 is 0 Å². The minimum Gasteiger partial charge on any atom is -0.411 e. The van der Waals surface area contributed by atoms with Gasteiger partial charge >= 0.3 is 0 Å². The van der Waals surface area contributed by atoms with Crippen LogP contribution in [0.25, 0.3) is 0 Å². The van der Waals surface area contributed by atoms with Crippen LogP contribution in [0.3, 0.4) is 0 Å². The highest BCUT2D eigenvalue weighted by Crippen LogP contribution is 2.65. The summed E-state index contributed by atoms with van der Waals surface area (Å²) < 4.78 is 15.4. The maximum absolute atomic E-state index is 15.4. The SMILES string of the molecule is C[C@]12CCC3C(CCC4=CC(=O)CC[C@@H]43)C1CC[C@]2(F)/C=N/O. The van der Waals surface area contributed by atoms with Crippen molar-refractivity contribution in [1.82, 2.24) is 0 Å². The smallest absolute Gasteiger partial charge is 0.155 e. The van der Waals surface area contributed by atoms with Gasteiger partial charge in [-0.15, -0.1) is 0 Å². The van der Waals surface area contributed by atoms with Crippen LogP contribution in [0.1, 0.15) is 58.3 Å². The molecule has 4 rings (SSSR count). The van der Waals surface area contributed by atoms with Gasteiger partial charge in [0.1, 0.15) is 0 Å². The van der Waals surface area contributed by atoms with Crippen LogP contribution in [0, 0.1) is 29.1 Å². The highest BCUT2D eigenvalue weighted by molar-refractivity contribution is 5.91. The molecular weight excluding hydrogens is 293 g/mol. The Balaban J connectivity index is 1.64. The summed E-state index contributed by atoms with van der Waals surface area (Å²) in [5.74, 6) is 2.40. The van der Waals surface area contributed by atoms with Crippen molar-refractivity contribution in [1.29, 1.82) is 0 Å². The topological polar surface area (TPSA) is 49.7 Å². The predicted molar refractivity (Wildman–Crippen MR) is 86.2 cm³/mol. The van der Waals surface area contributed by atoms with Crippen LogP contribution in [-0.2, 0) is 4.79 Å². The zero-order chi connectivity index (χ0) is 16.2. The van der Waals surface area contributed by atoms with Gasteiger partial charge in [-0.3, -0.25) is 4.79 Å². The van der Waals surface area contributed by atoms with Crippen molar-refractivity contribution in [3.8, 4) is 0 Å². The molecule has 3 nitrogen and oxygen atoms in total. The van der Waals surface area contributed by atoms with E-state index in [1.165, 1.54) is 5.57 Å². The summed E-state index contributed by atoms with van der Waals surface area (Å²) in [7, 11) is 0. The van der Waals surface area contributed by atoms with Crippen LogP contribution >= 0.6 is 0 Å². The molecule has 0 aromatic carbocycles. The summed E-state index contributed by atoms with van der Waals surface area (Å²) in [5, 5.41) is 12.0. The number of alkyl halides is 1. The van der Waals surface area contributed by atoms with Crippen LogP contribution in [0.15, 0.2) is 16.8 Å². The average molecular weight is 319 g/mol. The van der Waals surface area contributed by atoms with E-state index in [0.29, 0.717) is 36.5 Å². The molecule has 0 heterocycles. The second-order valence-electron chi connectivity index (χ2n) is 8.41. The van der Waals surface area contributed by atoms with E-state index in [9.17, 15) is 4.79 Å². The maximum Gasteiger partial charge on any atom is 0.155 e. The number of halogens is 1. The molecule has 6 atom stereocenters. The molecule has 0 aromatic rings. The number of allylic oxidation sites excluding steroid dienone is 1. The Bertz CT molecular complexity index is 586. The molecule has 4 heteroatoms. The summed E-state index contributed by atoms with van der Waals surface area (Å²) in [6, 6.07) is 0. The van der Waals surface area contributed by atoms with Crippen LogP contribution in [-0.4, -0.2) is 22.9 Å². The average Bonchev–Trinajstić information content (AvgIpc) is 2.79. The number of nitrogens with zero attached hydrogens (tertiary/aromatic N) is 1. The Morgan fingerprint density at radius 2 is 2.04 bits per heavy atom. The Hall–Kier alpha value is -1.19. The van der Waals surface area contributed by atoms with Gasteiger partial charge in [-0.2, -0.15) is 0 Å². The molecule has 3 fully saturated rings. The molecule has 0 spiro atoms. The van der Waals surface area contributed by atoms with Gasteiger partial charge in [0.05, 0.1) is 6.21 Å². The second-order valence-corrected chi connectivity index (χ2v) is 8.41. The largest absolute Gasteiger partial charge is 0.411 e. The predicted octanol–water partition coefficient (Wildman–Crippen LogP) is 4.30. The van der Waals surface area contributed by atoms with E-state index in [4.69, 9.17) is 5.21 Å². The fraction of sp³-hybridized carbons (Fsp3) is 0.789. The molecule has 126 valence electrons. The van der Waals surface area contributed by atoms with E-state index in [-0.39, 0.29) is 5.78 Å². The number of carbonyl (C=O) groups is 1. The minimum atomic E-state index is -1.46. The molecule has 3 unspecified atom stereocenters. The van der Waals surface area contributed by atoms with E-state index in [1.807, 2.05) is 6.08 Å². The third-order valence-electron chi connectivity index (χ3n) is 7.72. The second kappa shape index (κ2) is 5.15. The number of carbonyl (C=O) groups excluding carboxylic acids is 1. The van der Waals surface area contributed by atoms with E-state index >= 15 is 4.39 Å². The van der Waals surface area contributed by atoms with Crippen LogP contribution in [0.2, 0.25) is 0 Å². The standard InChI is InChI=1S/C19H26FNO2/c1-18-8-6-15-14-5-3-13(22)10-12(14)2-4-16(15)17(18)7-9-19(18,20)11-21-23/h10-11,14-17,23H,2-9H2,1H3/b21-11+/t14-,15?,16?,17?,18-,19-/m0/s1. The fourth-order valence-corrected chi connectivity index (χ4v) is 6.50. The van der Waals surface area contributed by atoms with Crippen molar-refractivity contribution >= 4 is 12.0 Å². The number of ketones is 1. The van der Waals surface area contributed by atoms with Gasteiger partial charge in [0.15, 0.2) is 11.5 Å². The van der Waals surface area contributed by atoms with Gasteiger partial charge < -0.3 is 5.21 Å². The molecule has 4 aliphatic rings. The summed E-state index contributed by atoms with van der Waals surface area (Å²) in [4.78, 5) is 11.7. The fourth-order valence-electron chi connectivity index (χ4n) is 6.50. The van der Waals surface area contributed by atoms with Gasteiger partial charge in [0.2, 0.25) is 0 Å². The Morgan fingerprint density at radius 1 is 1.22 bits per heavy atom. The summed E-state index contributed by atoms with van der Waals surface area (Å²) in [6.45, 7) is 2.07. The van der Waals surface area contributed by atoms with Crippen molar-refractivity contribution in [2.75, 3.05) is 0 Å². The normalized spacial score (nSPS) is 49.5. The van der Waals surface area contributed by atoms with Gasteiger partial charge in [-0.1, -0.05) is 17.7 Å². The number of hydrogen-bond donors (Lipinski definition) is 1. The first-order valence-corrected chi connectivity index (χ1v) is 9.09.